The number of aromatic amines is 1. The van der Waals surface area contributed by atoms with E-state index in [9.17, 15) is 4.79 Å². The molecule has 0 fully saturated rings. The topological polar surface area (TPSA) is 45.8 Å². The van der Waals surface area contributed by atoms with Crippen molar-refractivity contribution in [3.05, 3.63) is 57.5 Å². The Bertz CT molecular complexity index is 578. The highest BCUT2D eigenvalue weighted by Gasteiger charge is 2.02. The molecule has 0 aliphatic rings. The number of thioether (sulfide) groups is 1. The molecule has 0 aliphatic heterocycles. The first kappa shape index (κ1) is 11.9. The summed E-state index contributed by atoms with van der Waals surface area (Å²) < 4.78 is 0. The third kappa shape index (κ3) is 3.20. The molecule has 0 radical (unpaired) electrons. The maximum absolute atomic E-state index is 11.3. The van der Waals surface area contributed by atoms with Gasteiger partial charge in [-0.3, -0.25) is 4.79 Å². The van der Waals surface area contributed by atoms with Crippen LogP contribution in [0.4, 0.5) is 0 Å². The first-order valence-corrected chi connectivity index (χ1v) is 6.39. The van der Waals surface area contributed by atoms with Crippen LogP contribution < -0.4 is 5.56 Å². The number of rotatable bonds is 3. The Morgan fingerprint density at radius 2 is 2.06 bits per heavy atom. The minimum absolute atomic E-state index is 0.0928. The van der Waals surface area contributed by atoms with E-state index in [1.807, 2.05) is 19.1 Å². The number of hydrogen-bond acceptors (Lipinski definition) is 3. The summed E-state index contributed by atoms with van der Waals surface area (Å²) in [6.45, 7) is 3.91. The molecule has 0 amide bonds. The first-order chi connectivity index (χ1) is 8.15. The third-order valence-corrected chi connectivity index (χ3v) is 3.40. The number of hydrogen-bond donors (Lipinski definition) is 1. The van der Waals surface area contributed by atoms with E-state index in [4.69, 9.17) is 0 Å². The summed E-state index contributed by atoms with van der Waals surface area (Å²) in [7, 11) is 0. The third-order valence-electron chi connectivity index (χ3n) is 2.47. The molecule has 2 aromatic rings. The number of aromatic nitrogens is 2. The van der Waals surface area contributed by atoms with Gasteiger partial charge in [-0.15, -0.1) is 0 Å². The first-order valence-electron chi connectivity index (χ1n) is 5.40. The normalized spacial score (nSPS) is 10.5. The lowest BCUT2D eigenvalue weighted by Crippen LogP contribution is -2.08. The number of aryl methyl sites for hydroxylation is 2. The number of benzene rings is 1. The average molecular weight is 246 g/mol. The Balaban J connectivity index is 2.13. The van der Waals surface area contributed by atoms with Crippen LogP contribution in [-0.2, 0) is 5.75 Å². The van der Waals surface area contributed by atoms with Gasteiger partial charge in [0.2, 0.25) is 0 Å². The molecular weight excluding hydrogens is 232 g/mol. The zero-order chi connectivity index (χ0) is 12.3. The molecule has 1 aromatic heterocycles. The van der Waals surface area contributed by atoms with Crippen LogP contribution >= 0.6 is 11.8 Å². The Morgan fingerprint density at radius 3 is 2.76 bits per heavy atom. The lowest BCUT2D eigenvalue weighted by Gasteiger charge is -2.04. The summed E-state index contributed by atoms with van der Waals surface area (Å²) in [5.74, 6) is 0.819. The quantitative estimate of drug-likeness (QED) is 0.669. The molecule has 2 rings (SSSR count). The van der Waals surface area contributed by atoms with Gasteiger partial charge in [-0.25, -0.2) is 4.98 Å². The predicted molar refractivity (Wildman–Crippen MR) is 70.3 cm³/mol. The molecule has 0 saturated heterocycles. The van der Waals surface area contributed by atoms with E-state index in [-0.39, 0.29) is 5.56 Å². The zero-order valence-corrected chi connectivity index (χ0v) is 10.7. The zero-order valence-electron chi connectivity index (χ0n) is 9.86. The largest absolute Gasteiger partial charge is 0.301 e. The lowest BCUT2D eigenvalue weighted by atomic mass is 10.1. The molecule has 4 heteroatoms. The van der Waals surface area contributed by atoms with Gasteiger partial charge >= 0.3 is 0 Å². The molecule has 0 unspecified atom stereocenters. The van der Waals surface area contributed by atoms with Crippen molar-refractivity contribution in [1.82, 2.24) is 9.97 Å². The molecule has 0 aliphatic carbocycles. The molecule has 0 bridgehead atoms. The molecule has 1 N–H and O–H groups in total. The summed E-state index contributed by atoms with van der Waals surface area (Å²) >= 11 is 1.55. The van der Waals surface area contributed by atoms with E-state index < -0.39 is 0 Å². The van der Waals surface area contributed by atoms with E-state index in [0.29, 0.717) is 5.16 Å². The van der Waals surface area contributed by atoms with Crippen molar-refractivity contribution in [2.75, 3.05) is 0 Å². The molecule has 88 valence electrons. The van der Waals surface area contributed by atoms with Crippen LogP contribution in [0.3, 0.4) is 0 Å². The van der Waals surface area contributed by atoms with Crippen molar-refractivity contribution in [1.29, 1.82) is 0 Å². The van der Waals surface area contributed by atoms with Crippen LogP contribution in [0.5, 0.6) is 0 Å². The molecule has 3 nitrogen and oxygen atoms in total. The van der Waals surface area contributed by atoms with Crippen LogP contribution in [0.15, 0.2) is 40.3 Å². The Hall–Kier alpha value is -1.55. The van der Waals surface area contributed by atoms with Crippen LogP contribution in [0.25, 0.3) is 0 Å². The van der Waals surface area contributed by atoms with Gasteiger partial charge in [0.1, 0.15) is 0 Å². The summed E-state index contributed by atoms with van der Waals surface area (Å²) in [6, 6.07) is 9.72. The maximum atomic E-state index is 11.3. The summed E-state index contributed by atoms with van der Waals surface area (Å²) in [5.41, 5.74) is 3.18. The Morgan fingerprint density at radius 1 is 1.29 bits per heavy atom. The van der Waals surface area contributed by atoms with E-state index >= 15 is 0 Å². The maximum Gasteiger partial charge on any atom is 0.251 e. The molecular formula is C13H14N2OS. The van der Waals surface area contributed by atoms with Crippen LogP contribution in [0.1, 0.15) is 16.8 Å². The second-order valence-corrected chi connectivity index (χ2v) is 4.87. The smallest absolute Gasteiger partial charge is 0.251 e. The van der Waals surface area contributed by atoms with E-state index in [0.717, 1.165) is 11.4 Å². The van der Waals surface area contributed by atoms with Crippen molar-refractivity contribution in [2.45, 2.75) is 24.8 Å². The minimum Gasteiger partial charge on any atom is -0.301 e. The van der Waals surface area contributed by atoms with Crippen LogP contribution in [0, 0.1) is 13.8 Å². The molecule has 0 spiro atoms. The molecule has 1 aromatic carbocycles. The van der Waals surface area contributed by atoms with E-state index in [2.05, 4.69) is 29.0 Å². The highest BCUT2D eigenvalue weighted by Crippen LogP contribution is 2.20. The molecule has 1 heterocycles. The van der Waals surface area contributed by atoms with Gasteiger partial charge in [0.05, 0.1) is 0 Å². The second-order valence-electron chi connectivity index (χ2n) is 3.91. The standard InChI is InChI=1S/C13H14N2OS/c1-9-5-3-4-6-11(9)8-17-13-14-10(2)7-12(16)15-13/h3-7H,8H2,1-2H3,(H,14,15,16). The predicted octanol–water partition coefficient (Wildman–Crippen LogP) is 2.68. The second kappa shape index (κ2) is 5.19. The molecule has 0 saturated carbocycles. The van der Waals surface area contributed by atoms with Gasteiger partial charge in [-0.1, -0.05) is 36.0 Å². The van der Waals surface area contributed by atoms with Gasteiger partial charge < -0.3 is 4.98 Å². The average Bonchev–Trinajstić information content (AvgIpc) is 2.27. The van der Waals surface area contributed by atoms with Gasteiger partial charge in [0, 0.05) is 17.5 Å². The summed E-state index contributed by atoms with van der Waals surface area (Å²) in [6.07, 6.45) is 0. The number of nitrogens with zero attached hydrogens (tertiary/aromatic N) is 1. The molecule has 0 atom stereocenters. The molecule has 17 heavy (non-hydrogen) atoms. The van der Waals surface area contributed by atoms with Crippen molar-refractivity contribution >= 4 is 11.8 Å². The number of nitrogens with one attached hydrogen (secondary N) is 1. The van der Waals surface area contributed by atoms with Gasteiger partial charge in [-0.05, 0) is 25.0 Å². The SMILES string of the molecule is Cc1cc(=O)[nH]c(SCc2ccccc2C)n1. The number of H-pyrrole nitrogens is 1. The van der Waals surface area contributed by atoms with Crippen LogP contribution in [0.2, 0.25) is 0 Å². The fourth-order valence-electron chi connectivity index (χ4n) is 1.54. The van der Waals surface area contributed by atoms with Gasteiger partial charge in [-0.2, -0.15) is 0 Å². The highest BCUT2D eigenvalue weighted by molar-refractivity contribution is 7.98. The summed E-state index contributed by atoms with van der Waals surface area (Å²) in [5, 5.41) is 0.679. The van der Waals surface area contributed by atoms with Gasteiger partial charge in [0.25, 0.3) is 5.56 Å². The minimum atomic E-state index is -0.0928. The lowest BCUT2D eigenvalue weighted by molar-refractivity contribution is 0.905. The fraction of sp³-hybridized carbons (Fsp3) is 0.231. The van der Waals surface area contributed by atoms with E-state index in [1.54, 1.807) is 11.8 Å². The van der Waals surface area contributed by atoms with Crippen molar-refractivity contribution < 1.29 is 0 Å². The van der Waals surface area contributed by atoms with Gasteiger partial charge in [0.15, 0.2) is 5.16 Å². The summed E-state index contributed by atoms with van der Waals surface area (Å²) in [4.78, 5) is 18.3. The van der Waals surface area contributed by atoms with Crippen molar-refractivity contribution in [3.8, 4) is 0 Å². The highest BCUT2D eigenvalue weighted by atomic mass is 32.2. The van der Waals surface area contributed by atoms with Crippen LogP contribution in [-0.4, -0.2) is 9.97 Å². The van der Waals surface area contributed by atoms with Crippen molar-refractivity contribution in [2.24, 2.45) is 0 Å². The van der Waals surface area contributed by atoms with E-state index in [1.165, 1.54) is 17.2 Å². The Labute approximate surface area is 104 Å². The monoisotopic (exact) mass is 246 g/mol. The Kier molecular flexibility index (Phi) is 3.64. The fourth-order valence-corrected chi connectivity index (χ4v) is 2.54. The van der Waals surface area contributed by atoms with Crippen molar-refractivity contribution in [3.63, 3.8) is 0 Å².